The normalized spacial score (nSPS) is 15.6. The highest BCUT2D eigenvalue weighted by atomic mass is 19.4. The van der Waals surface area contributed by atoms with E-state index in [1.54, 1.807) is 0 Å². The van der Waals surface area contributed by atoms with E-state index in [1.165, 1.54) is 27.1 Å². The Morgan fingerprint density at radius 3 is 2.33 bits per heavy atom. The number of amides is 1. The van der Waals surface area contributed by atoms with Crippen LogP contribution in [-0.2, 0) is 17.4 Å². The highest BCUT2D eigenvalue weighted by molar-refractivity contribution is 5.77. The number of carbonyl (C=O) groups excluding carboxylic acids is 1. The van der Waals surface area contributed by atoms with Gasteiger partial charge in [0.2, 0.25) is 11.5 Å². The number of halogens is 3. The molecule has 0 aliphatic carbocycles. The maximum Gasteiger partial charge on any atom is 0.425 e. The van der Waals surface area contributed by atoms with Crippen LogP contribution in [0.25, 0.3) is 0 Å². The number of nitrogens with zero attached hydrogens (tertiary/aromatic N) is 2. The lowest BCUT2D eigenvalue weighted by Gasteiger charge is -2.29. The van der Waals surface area contributed by atoms with E-state index in [0.717, 1.165) is 10.8 Å². The van der Waals surface area contributed by atoms with E-state index < -0.39 is 35.5 Å². The third-order valence-electron chi connectivity index (χ3n) is 2.79. The molecule has 3 N–H and O–H groups in total. The number of aromatic nitrogens is 2. The second-order valence-electron chi connectivity index (χ2n) is 5.49. The van der Waals surface area contributed by atoms with Gasteiger partial charge in [-0.2, -0.15) is 13.2 Å². The van der Waals surface area contributed by atoms with Gasteiger partial charge in [0, 0.05) is 26.0 Å². The Bertz CT molecular complexity index is 508. The zero-order valence-electron chi connectivity index (χ0n) is 11.9. The van der Waals surface area contributed by atoms with Crippen LogP contribution < -0.4 is 5.32 Å². The largest absolute Gasteiger partial charge is 0.425 e. The van der Waals surface area contributed by atoms with E-state index in [2.05, 4.69) is 10.3 Å². The first kappa shape index (κ1) is 17.4. The average Bonchev–Trinajstić information content (AvgIpc) is 2.70. The quantitative estimate of drug-likeness (QED) is 0.737. The van der Waals surface area contributed by atoms with Gasteiger partial charge in [0.15, 0.2) is 5.82 Å². The number of rotatable bonds is 5. The van der Waals surface area contributed by atoms with Crippen LogP contribution in [0, 0.1) is 0 Å². The summed E-state index contributed by atoms with van der Waals surface area (Å²) < 4.78 is 40.4. The lowest BCUT2D eigenvalue weighted by Crippen LogP contribution is -2.49. The van der Waals surface area contributed by atoms with E-state index in [4.69, 9.17) is 0 Å². The molecule has 0 aromatic carbocycles. The molecule has 1 aromatic heterocycles. The van der Waals surface area contributed by atoms with Crippen molar-refractivity contribution in [2.45, 2.75) is 37.6 Å². The van der Waals surface area contributed by atoms with Gasteiger partial charge in [-0.3, -0.25) is 4.79 Å². The molecule has 0 saturated carbocycles. The Morgan fingerprint density at radius 2 is 1.95 bits per heavy atom. The molecule has 0 bridgehead atoms. The topological polar surface area (TPSA) is 87.4 Å². The Balaban J connectivity index is 2.96. The fourth-order valence-corrected chi connectivity index (χ4v) is 1.68. The van der Waals surface area contributed by atoms with Crippen LogP contribution in [0.5, 0.6) is 0 Å². The smallest absolute Gasteiger partial charge is 0.389 e. The lowest BCUT2D eigenvalue weighted by molar-refractivity contribution is -0.271. The summed E-state index contributed by atoms with van der Waals surface area (Å²) in [5.41, 5.74) is -4.66. The minimum absolute atomic E-state index is 0.236. The summed E-state index contributed by atoms with van der Waals surface area (Å²) in [6.07, 6.45) is -3.98. The molecular weight excluding hydrogens is 291 g/mol. The molecule has 6 nitrogen and oxygen atoms in total. The monoisotopic (exact) mass is 309 g/mol. The van der Waals surface area contributed by atoms with Gasteiger partial charge >= 0.3 is 6.18 Å². The first-order valence-electron chi connectivity index (χ1n) is 6.13. The fourth-order valence-electron chi connectivity index (χ4n) is 1.68. The molecule has 9 heteroatoms. The number of imidazole rings is 1. The van der Waals surface area contributed by atoms with Crippen LogP contribution in [-0.4, -0.2) is 44.0 Å². The minimum atomic E-state index is -5.07. The molecule has 1 atom stereocenters. The molecule has 1 amide bonds. The predicted octanol–water partition coefficient (Wildman–Crippen LogP) is 0.447. The summed E-state index contributed by atoms with van der Waals surface area (Å²) in [6.45, 7) is 2.55. The van der Waals surface area contributed by atoms with Crippen molar-refractivity contribution in [3.63, 3.8) is 0 Å². The van der Waals surface area contributed by atoms with Gasteiger partial charge in [-0.1, -0.05) is 0 Å². The number of aryl methyl sites for hydroxylation is 1. The lowest BCUT2D eigenvalue weighted by atomic mass is 9.97. The van der Waals surface area contributed by atoms with E-state index >= 15 is 0 Å². The van der Waals surface area contributed by atoms with Crippen LogP contribution >= 0.6 is 0 Å². The van der Waals surface area contributed by atoms with E-state index in [9.17, 15) is 28.2 Å². The number of hydrogen-bond donors (Lipinski definition) is 3. The maximum atomic E-state index is 13.1. The van der Waals surface area contributed by atoms with Crippen molar-refractivity contribution in [2.24, 2.45) is 7.05 Å². The number of alkyl halides is 3. The molecule has 0 aliphatic rings. The van der Waals surface area contributed by atoms with Crippen molar-refractivity contribution in [2.75, 3.05) is 6.54 Å². The first-order chi connectivity index (χ1) is 9.37. The molecule has 0 radical (unpaired) electrons. The highest BCUT2D eigenvalue weighted by Crippen LogP contribution is 2.40. The first-order valence-corrected chi connectivity index (χ1v) is 6.13. The van der Waals surface area contributed by atoms with Gasteiger partial charge in [-0.25, -0.2) is 4.98 Å². The number of nitrogens with one attached hydrogen (secondary N) is 1. The Morgan fingerprint density at radius 1 is 1.38 bits per heavy atom. The molecule has 1 heterocycles. The number of aliphatic hydroxyl groups is 2. The molecule has 1 unspecified atom stereocenters. The van der Waals surface area contributed by atoms with Crippen molar-refractivity contribution in [1.82, 2.24) is 14.9 Å². The Labute approximate surface area is 119 Å². The van der Waals surface area contributed by atoms with Crippen LogP contribution in [0.3, 0.4) is 0 Å². The molecule has 1 rings (SSSR count). The standard InChI is InChI=1S/C12H18F3N3O3/c1-10(2,20)7-17-8(19)6-11(21,12(13,14)15)9-16-4-5-18(9)3/h4-5,20-21H,6-7H2,1-3H3,(H,17,19). The molecule has 0 aliphatic heterocycles. The second-order valence-corrected chi connectivity index (χ2v) is 5.49. The van der Waals surface area contributed by atoms with E-state index in [0.29, 0.717) is 0 Å². The van der Waals surface area contributed by atoms with Gasteiger partial charge in [0.05, 0.1) is 12.0 Å². The summed E-state index contributed by atoms with van der Waals surface area (Å²) in [5.74, 6) is -1.71. The predicted molar refractivity (Wildman–Crippen MR) is 67.1 cm³/mol. The van der Waals surface area contributed by atoms with E-state index in [1.807, 2.05) is 0 Å². The van der Waals surface area contributed by atoms with Crippen molar-refractivity contribution >= 4 is 5.91 Å². The van der Waals surface area contributed by atoms with Crippen LogP contribution in [0.1, 0.15) is 26.1 Å². The molecule has 1 aromatic rings. The second kappa shape index (κ2) is 5.64. The third kappa shape index (κ3) is 4.18. The average molecular weight is 309 g/mol. The molecule has 0 saturated heterocycles. The summed E-state index contributed by atoms with van der Waals surface area (Å²) in [7, 11) is 1.29. The zero-order valence-corrected chi connectivity index (χ0v) is 11.9. The SMILES string of the molecule is Cn1ccnc1C(O)(CC(=O)NCC(C)(C)O)C(F)(F)F. The minimum Gasteiger partial charge on any atom is -0.389 e. The van der Waals surface area contributed by atoms with Gasteiger partial charge in [-0.15, -0.1) is 0 Å². The number of hydrogen-bond acceptors (Lipinski definition) is 4. The van der Waals surface area contributed by atoms with Gasteiger partial charge < -0.3 is 20.1 Å². The van der Waals surface area contributed by atoms with Crippen molar-refractivity contribution in [3.05, 3.63) is 18.2 Å². The summed E-state index contributed by atoms with van der Waals surface area (Å²) in [4.78, 5) is 15.1. The molecule has 21 heavy (non-hydrogen) atoms. The number of carbonyl (C=O) groups is 1. The fraction of sp³-hybridized carbons (Fsp3) is 0.667. The van der Waals surface area contributed by atoms with Gasteiger partial charge in [0.25, 0.3) is 0 Å². The van der Waals surface area contributed by atoms with E-state index in [-0.39, 0.29) is 6.54 Å². The van der Waals surface area contributed by atoms with Gasteiger partial charge in [-0.05, 0) is 13.8 Å². The maximum absolute atomic E-state index is 13.1. The van der Waals surface area contributed by atoms with Crippen LogP contribution in [0.4, 0.5) is 13.2 Å². The molecule has 120 valence electrons. The van der Waals surface area contributed by atoms with Gasteiger partial charge in [0.1, 0.15) is 0 Å². The van der Waals surface area contributed by atoms with Crippen molar-refractivity contribution in [3.8, 4) is 0 Å². The van der Waals surface area contributed by atoms with Crippen LogP contribution in [0.15, 0.2) is 12.4 Å². The summed E-state index contributed by atoms with van der Waals surface area (Å²) in [5, 5.41) is 21.5. The Hall–Kier alpha value is -1.61. The molecular formula is C12H18F3N3O3. The van der Waals surface area contributed by atoms with Crippen LogP contribution in [0.2, 0.25) is 0 Å². The van der Waals surface area contributed by atoms with Crippen molar-refractivity contribution in [1.29, 1.82) is 0 Å². The molecule has 0 fully saturated rings. The Kier molecular flexibility index (Phi) is 4.69. The summed E-state index contributed by atoms with van der Waals surface area (Å²) in [6, 6.07) is 0. The third-order valence-corrected chi connectivity index (χ3v) is 2.79. The van der Waals surface area contributed by atoms with Crippen molar-refractivity contribution < 1.29 is 28.2 Å². The molecule has 0 spiro atoms. The highest BCUT2D eigenvalue weighted by Gasteiger charge is 2.58. The zero-order chi connectivity index (χ0) is 16.5. The summed E-state index contributed by atoms with van der Waals surface area (Å²) >= 11 is 0.